The van der Waals surface area contributed by atoms with Crippen molar-refractivity contribution in [1.29, 1.82) is 0 Å². The van der Waals surface area contributed by atoms with Crippen LogP contribution in [0.2, 0.25) is 0 Å². The fourth-order valence-corrected chi connectivity index (χ4v) is 1.57. The van der Waals surface area contributed by atoms with Gasteiger partial charge in [-0.15, -0.1) is 0 Å². The van der Waals surface area contributed by atoms with Crippen LogP contribution in [0.1, 0.15) is 5.56 Å². The number of fused-ring (bicyclic) bond motifs is 1. The quantitative estimate of drug-likeness (QED) is 0.665. The van der Waals surface area contributed by atoms with Gasteiger partial charge in [0.05, 0.1) is 5.39 Å². The fourth-order valence-electron chi connectivity index (χ4n) is 1.57. The molecular formula is C11H8F3N. The van der Waals surface area contributed by atoms with E-state index in [4.69, 9.17) is 5.73 Å². The van der Waals surface area contributed by atoms with Crippen molar-refractivity contribution in [3.8, 4) is 0 Å². The Kier molecular flexibility index (Phi) is 2.07. The van der Waals surface area contributed by atoms with Gasteiger partial charge < -0.3 is 5.73 Å². The van der Waals surface area contributed by atoms with E-state index in [1.165, 1.54) is 12.1 Å². The van der Waals surface area contributed by atoms with Gasteiger partial charge in [-0.1, -0.05) is 6.07 Å². The van der Waals surface area contributed by atoms with Crippen LogP contribution in [0.25, 0.3) is 10.8 Å². The highest BCUT2D eigenvalue weighted by molar-refractivity contribution is 5.87. The SMILES string of the molecule is Cc1cc(F)c2c(F)c(N)c(F)cc2c1. The first kappa shape index (κ1) is 9.83. The van der Waals surface area contributed by atoms with Crippen LogP contribution in [0.5, 0.6) is 0 Å². The van der Waals surface area contributed by atoms with Crippen LogP contribution in [0, 0.1) is 24.4 Å². The van der Waals surface area contributed by atoms with Gasteiger partial charge in [-0.2, -0.15) is 0 Å². The lowest BCUT2D eigenvalue weighted by Gasteiger charge is -2.06. The predicted octanol–water partition coefficient (Wildman–Crippen LogP) is 3.15. The minimum atomic E-state index is -1.04. The van der Waals surface area contributed by atoms with Gasteiger partial charge >= 0.3 is 0 Å². The molecule has 78 valence electrons. The van der Waals surface area contributed by atoms with Gasteiger partial charge in [-0.3, -0.25) is 0 Å². The first-order chi connectivity index (χ1) is 7.00. The Balaban J connectivity index is 2.99. The summed E-state index contributed by atoms with van der Waals surface area (Å²) in [6.45, 7) is 1.65. The summed E-state index contributed by atoms with van der Waals surface area (Å²) in [6, 6.07) is 3.72. The van der Waals surface area contributed by atoms with Gasteiger partial charge in [0.25, 0.3) is 0 Å². The Morgan fingerprint density at radius 3 is 2.33 bits per heavy atom. The highest BCUT2D eigenvalue weighted by Gasteiger charge is 2.14. The molecule has 0 saturated carbocycles. The summed E-state index contributed by atoms with van der Waals surface area (Å²) in [5.74, 6) is -2.64. The Bertz CT molecular complexity index is 549. The molecule has 2 aromatic carbocycles. The van der Waals surface area contributed by atoms with Crippen LogP contribution >= 0.6 is 0 Å². The van der Waals surface area contributed by atoms with Crippen LogP contribution in [0.3, 0.4) is 0 Å². The first-order valence-electron chi connectivity index (χ1n) is 4.34. The van der Waals surface area contributed by atoms with E-state index in [0.29, 0.717) is 5.56 Å². The number of nitrogen functional groups attached to an aromatic ring is 1. The predicted molar refractivity (Wildman–Crippen MR) is 53.0 cm³/mol. The maximum Gasteiger partial charge on any atom is 0.159 e. The Labute approximate surface area is 84.3 Å². The van der Waals surface area contributed by atoms with E-state index in [1.807, 2.05) is 0 Å². The molecule has 0 aromatic heterocycles. The van der Waals surface area contributed by atoms with Crippen molar-refractivity contribution in [2.45, 2.75) is 6.92 Å². The summed E-state index contributed by atoms with van der Waals surface area (Å²) < 4.78 is 39.9. The molecule has 2 rings (SSSR count). The average Bonchev–Trinajstić information content (AvgIpc) is 2.13. The third kappa shape index (κ3) is 1.42. The summed E-state index contributed by atoms with van der Waals surface area (Å²) in [5.41, 5.74) is 5.09. The maximum atomic E-state index is 13.4. The molecule has 0 radical (unpaired) electrons. The number of nitrogens with two attached hydrogens (primary N) is 1. The van der Waals surface area contributed by atoms with Crippen LogP contribution in [0.15, 0.2) is 18.2 Å². The first-order valence-corrected chi connectivity index (χ1v) is 4.34. The molecule has 2 N–H and O–H groups in total. The van der Waals surface area contributed by atoms with Crippen LogP contribution < -0.4 is 5.73 Å². The second-order valence-electron chi connectivity index (χ2n) is 3.43. The second-order valence-corrected chi connectivity index (χ2v) is 3.43. The molecule has 0 spiro atoms. The van der Waals surface area contributed by atoms with Crippen LogP contribution in [-0.2, 0) is 0 Å². The van der Waals surface area contributed by atoms with Crippen molar-refractivity contribution in [2.24, 2.45) is 0 Å². The molecule has 1 nitrogen and oxygen atoms in total. The van der Waals surface area contributed by atoms with E-state index < -0.39 is 23.1 Å². The third-order valence-corrected chi connectivity index (χ3v) is 2.26. The van der Waals surface area contributed by atoms with Gasteiger partial charge in [0.2, 0.25) is 0 Å². The van der Waals surface area contributed by atoms with Gasteiger partial charge in [0.15, 0.2) is 5.82 Å². The van der Waals surface area contributed by atoms with E-state index in [0.717, 1.165) is 6.07 Å². The van der Waals surface area contributed by atoms with E-state index >= 15 is 0 Å². The highest BCUT2D eigenvalue weighted by Crippen LogP contribution is 2.28. The monoisotopic (exact) mass is 211 g/mol. The van der Waals surface area contributed by atoms with Crippen LogP contribution in [0.4, 0.5) is 18.9 Å². The number of halogens is 3. The lowest BCUT2D eigenvalue weighted by atomic mass is 10.1. The minimum Gasteiger partial charge on any atom is -0.394 e. The van der Waals surface area contributed by atoms with Gasteiger partial charge in [0, 0.05) is 0 Å². The second kappa shape index (κ2) is 3.15. The Morgan fingerprint density at radius 2 is 1.67 bits per heavy atom. The lowest BCUT2D eigenvalue weighted by molar-refractivity contribution is 0.588. The Hall–Kier alpha value is -1.71. The molecule has 0 bridgehead atoms. The molecule has 0 aliphatic carbocycles. The molecule has 0 aliphatic rings. The smallest absolute Gasteiger partial charge is 0.159 e. The van der Waals surface area contributed by atoms with Crippen molar-refractivity contribution in [1.82, 2.24) is 0 Å². The normalized spacial score (nSPS) is 10.9. The van der Waals surface area contributed by atoms with Crippen molar-refractivity contribution in [2.75, 3.05) is 5.73 Å². The summed E-state index contributed by atoms with van der Waals surface area (Å²) in [6.07, 6.45) is 0. The molecular weight excluding hydrogens is 203 g/mol. The number of anilines is 1. The molecule has 0 fully saturated rings. The highest BCUT2D eigenvalue weighted by atomic mass is 19.1. The summed E-state index contributed by atoms with van der Waals surface area (Å²) in [5, 5.41) is -0.0869. The summed E-state index contributed by atoms with van der Waals surface area (Å²) in [7, 11) is 0. The van der Waals surface area contributed by atoms with Crippen LogP contribution in [-0.4, -0.2) is 0 Å². The van der Waals surface area contributed by atoms with Gasteiger partial charge in [-0.25, -0.2) is 13.2 Å². The zero-order valence-electron chi connectivity index (χ0n) is 7.94. The Morgan fingerprint density at radius 1 is 1.00 bits per heavy atom. The molecule has 0 aliphatic heterocycles. The van der Waals surface area contributed by atoms with E-state index in [2.05, 4.69) is 0 Å². The number of aryl methyl sites for hydroxylation is 1. The number of hydrogen-bond donors (Lipinski definition) is 1. The van der Waals surface area contributed by atoms with Crippen molar-refractivity contribution < 1.29 is 13.2 Å². The summed E-state index contributed by atoms with van der Waals surface area (Å²) in [4.78, 5) is 0. The molecule has 0 atom stereocenters. The van der Waals surface area contributed by atoms with E-state index in [1.54, 1.807) is 6.92 Å². The molecule has 4 heteroatoms. The van der Waals surface area contributed by atoms with Crippen molar-refractivity contribution in [3.63, 3.8) is 0 Å². The molecule has 0 amide bonds. The number of hydrogen-bond acceptors (Lipinski definition) is 1. The van der Waals surface area contributed by atoms with Crippen molar-refractivity contribution >= 4 is 16.5 Å². The molecule has 0 unspecified atom stereocenters. The lowest BCUT2D eigenvalue weighted by Crippen LogP contribution is -1.98. The third-order valence-electron chi connectivity index (χ3n) is 2.26. The van der Waals surface area contributed by atoms with Gasteiger partial charge in [-0.05, 0) is 30.0 Å². The molecule has 0 heterocycles. The van der Waals surface area contributed by atoms with Gasteiger partial charge in [0.1, 0.15) is 17.3 Å². The number of benzene rings is 2. The van der Waals surface area contributed by atoms with Crippen molar-refractivity contribution in [3.05, 3.63) is 41.2 Å². The topological polar surface area (TPSA) is 26.0 Å². The van der Waals surface area contributed by atoms with E-state index in [9.17, 15) is 13.2 Å². The zero-order chi connectivity index (χ0) is 11.2. The minimum absolute atomic E-state index is 0.178. The summed E-state index contributed by atoms with van der Waals surface area (Å²) >= 11 is 0. The van der Waals surface area contributed by atoms with E-state index in [-0.39, 0.29) is 10.8 Å². The molecule has 0 saturated heterocycles. The maximum absolute atomic E-state index is 13.4. The average molecular weight is 211 g/mol. The fraction of sp³-hybridized carbons (Fsp3) is 0.0909. The zero-order valence-corrected chi connectivity index (χ0v) is 7.94. The number of rotatable bonds is 0. The molecule has 2 aromatic rings. The molecule has 15 heavy (non-hydrogen) atoms. The standard InChI is InChI=1S/C11H8F3N/c1-5-2-6-4-8(13)11(15)10(14)9(6)7(12)3-5/h2-4H,15H2,1H3. The largest absolute Gasteiger partial charge is 0.394 e.